The quantitative estimate of drug-likeness (QED) is 0.846. The van der Waals surface area contributed by atoms with E-state index in [4.69, 9.17) is 4.74 Å². The number of para-hydroxylation sites is 1. The van der Waals surface area contributed by atoms with Gasteiger partial charge in [0.15, 0.2) is 0 Å². The molecule has 0 N–H and O–H groups in total. The van der Waals surface area contributed by atoms with Crippen LogP contribution in [0.5, 0.6) is 0 Å². The summed E-state index contributed by atoms with van der Waals surface area (Å²) in [7, 11) is 1.67. The zero-order chi connectivity index (χ0) is 15.6. The number of hydrogen-bond acceptors (Lipinski definition) is 2. The lowest BCUT2D eigenvalue weighted by atomic mass is 9.65. The fourth-order valence-electron chi connectivity index (χ4n) is 3.78. The van der Waals surface area contributed by atoms with Crippen molar-refractivity contribution in [3.8, 4) is 0 Å². The van der Waals surface area contributed by atoms with Gasteiger partial charge in [-0.15, -0.1) is 0 Å². The molecule has 2 atom stereocenters. The Bertz CT molecular complexity index is 605. The van der Waals surface area contributed by atoms with Crippen molar-refractivity contribution in [2.75, 3.05) is 18.6 Å². The summed E-state index contributed by atoms with van der Waals surface area (Å²) in [4.78, 5) is 15.3. The second kappa shape index (κ2) is 5.99. The third-order valence-corrected chi connectivity index (χ3v) is 5.01. The van der Waals surface area contributed by atoms with Crippen LogP contribution in [0.25, 0.3) is 0 Å². The molecule has 3 nitrogen and oxygen atoms in total. The molecule has 0 bridgehead atoms. The van der Waals surface area contributed by atoms with E-state index in [0.717, 1.165) is 37.3 Å². The lowest BCUT2D eigenvalue weighted by Crippen LogP contribution is -2.53. The van der Waals surface area contributed by atoms with Crippen molar-refractivity contribution < 1.29 is 9.53 Å². The first-order chi connectivity index (χ1) is 10.7. The molecule has 0 radical (unpaired) electrons. The zero-order valence-electron chi connectivity index (χ0n) is 13.3. The van der Waals surface area contributed by atoms with Crippen molar-refractivity contribution >= 4 is 11.6 Å². The van der Waals surface area contributed by atoms with Gasteiger partial charge in [0.2, 0.25) is 5.91 Å². The molecule has 22 heavy (non-hydrogen) atoms. The highest BCUT2D eigenvalue weighted by molar-refractivity contribution is 6.00. The smallest absolute Gasteiger partial charge is 0.237 e. The van der Waals surface area contributed by atoms with Crippen molar-refractivity contribution in [3.63, 3.8) is 0 Å². The van der Waals surface area contributed by atoms with Crippen LogP contribution < -0.4 is 4.90 Å². The highest BCUT2D eigenvalue weighted by Crippen LogP contribution is 2.46. The zero-order valence-corrected chi connectivity index (χ0v) is 13.3. The van der Waals surface area contributed by atoms with Gasteiger partial charge in [0.1, 0.15) is 5.76 Å². The van der Waals surface area contributed by atoms with E-state index in [-0.39, 0.29) is 5.91 Å². The van der Waals surface area contributed by atoms with Gasteiger partial charge in [0.05, 0.1) is 12.5 Å². The second-order valence-electron chi connectivity index (χ2n) is 6.08. The average Bonchev–Trinajstić information content (AvgIpc) is 2.58. The summed E-state index contributed by atoms with van der Waals surface area (Å²) in [5, 5.41) is 0. The SMILES string of the molecule is CC[C@@H]1CCN(c2ccccc2)C(=O)[C@]12C=C(OC)C=CC2. The number of anilines is 1. The van der Waals surface area contributed by atoms with Crippen molar-refractivity contribution in [1.29, 1.82) is 0 Å². The number of carbonyl (C=O) groups is 1. The number of hydrogen-bond donors (Lipinski definition) is 0. The summed E-state index contributed by atoms with van der Waals surface area (Å²) in [6, 6.07) is 9.97. The van der Waals surface area contributed by atoms with Crippen molar-refractivity contribution in [3.05, 3.63) is 54.3 Å². The first-order valence-electron chi connectivity index (χ1n) is 8.01. The van der Waals surface area contributed by atoms with E-state index in [2.05, 4.69) is 19.1 Å². The lowest BCUT2D eigenvalue weighted by molar-refractivity contribution is -0.130. The highest BCUT2D eigenvalue weighted by Gasteiger charge is 2.49. The molecule has 3 heteroatoms. The van der Waals surface area contributed by atoms with Gasteiger partial charge in [0.25, 0.3) is 0 Å². The summed E-state index contributed by atoms with van der Waals surface area (Å²) in [5.41, 5.74) is 0.534. The molecule has 0 unspecified atom stereocenters. The van der Waals surface area contributed by atoms with Gasteiger partial charge in [-0.05, 0) is 43.0 Å². The molecule has 116 valence electrons. The Morgan fingerprint density at radius 2 is 2.09 bits per heavy atom. The van der Waals surface area contributed by atoms with Crippen molar-refractivity contribution in [1.82, 2.24) is 0 Å². The third-order valence-electron chi connectivity index (χ3n) is 5.01. The molecule has 1 amide bonds. The minimum Gasteiger partial charge on any atom is -0.497 e. The maximum atomic E-state index is 13.3. The van der Waals surface area contributed by atoms with Gasteiger partial charge in [-0.3, -0.25) is 4.79 Å². The first kappa shape index (κ1) is 14.9. The van der Waals surface area contributed by atoms with Crippen LogP contribution >= 0.6 is 0 Å². The van der Waals surface area contributed by atoms with Crippen LogP contribution in [-0.2, 0) is 9.53 Å². The van der Waals surface area contributed by atoms with E-state index >= 15 is 0 Å². The van der Waals surface area contributed by atoms with Crippen LogP contribution in [0.2, 0.25) is 0 Å². The standard InChI is InChI=1S/C19H23NO2/c1-3-15-11-13-20(16-8-5-4-6-9-16)18(21)19(15)12-7-10-17(14-19)22-2/h4-10,14-15H,3,11-13H2,1-2H3/t15-,19-/m1/s1. The molecule has 2 aliphatic rings. The van der Waals surface area contributed by atoms with E-state index in [1.165, 1.54) is 0 Å². The van der Waals surface area contributed by atoms with Gasteiger partial charge in [-0.1, -0.05) is 37.6 Å². The lowest BCUT2D eigenvalue weighted by Gasteiger charge is -2.46. The summed E-state index contributed by atoms with van der Waals surface area (Å²) < 4.78 is 5.40. The minimum atomic E-state index is -0.455. The maximum Gasteiger partial charge on any atom is 0.237 e. The number of rotatable bonds is 3. The minimum absolute atomic E-state index is 0.204. The molecule has 1 aromatic carbocycles. The predicted octanol–water partition coefficient (Wildman–Crippen LogP) is 3.93. The topological polar surface area (TPSA) is 29.5 Å². The van der Waals surface area contributed by atoms with Gasteiger partial charge >= 0.3 is 0 Å². The van der Waals surface area contributed by atoms with Crippen LogP contribution in [0.15, 0.2) is 54.3 Å². The Labute approximate surface area is 132 Å². The first-order valence-corrected chi connectivity index (χ1v) is 8.01. The van der Waals surface area contributed by atoms with Gasteiger partial charge in [-0.25, -0.2) is 0 Å². The summed E-state index contributed by atoms with van der Waals surface area (Å²) >= 11 is 0. The van der Waals surface area contributed by atoms with Gasteiger partial charge in [0, 0.05) is 12.2 Å². The molecule has 3 rings (SSSR count). The molecular weight excluding hydrogens is 274 g/mol. The summed E-state index contributed by atoms with van der Waals surface area (Å²) in [5.74, 6) is 1.37. The molecular formula is C19H23NO2. The largest absolute Gasteiger partial charge is 0.497 e. The monoisotopic (exact) mass is 297 g/mol. The molecule has 1 saturated heterocycles. The Kier molecular flexibility index (Phi) is 4.06. The average molecular weight is 297 g/mol. The number of nitrogens with zero attached hydrogens (tertiary/aromatic N) is 1. The summed E-state index contributed by atoms with van der Waals surface area (Å²) in [6.45, 7) is 2.97. The van der Waals surface area contributed by atoms with Crippen LogP contribution in [-0.4, -0.2) is 19.6 Å². The molecule has 1 aliphatic carbocycles. The van der Waals surface area contributed by atoms with Crippen LogP contribution in [0.4, 0.5) is 5.69 Å². The Balaban J connectivity index is 2.00. The Morgan fingerprint density at radius 3 is 2.77 bits per heavy atom. The van der Waals surface area contributed by atoms with Crippen LogP contribution in [0.3, 0.4) is 0 Å². The van der Waals surface area contributed by atoms with E-state index in [9.17, 15) is 4.79 Å². The number of methoxy groups -OCH3 is 1. The van der Waals surface area contributed by atoms with Crippen LogP contribution in [0, 0.1) is 11.3 Å². The Morgan fingerprint density at radius 1 is 1.32 bits per heavy atom. The van der Waals surface area contributed by atoms with E-state index in [0.29, 0.717) is 5.92 Å². The van der Waals surface area contributed by atoms with E-state index in [1.807, 2.05) is 41.3 Å². The molecule has 1 fully saturated rings. The molecule has 0 saturated carbocycles. The van der Waals surface area contributed by atoms with E-state index < -0.39 is 5.41 Å². The van der Waals surface area contributed by atoms with E-state index in [1.54, 1.807) is 7.11 Å². The van der Waals surface area contributed by atoms with Crippen molar-refractivity contribution in [2.45, 2.75) is 26.2 Å². The number of carbonyl (C=O) groups excluding carboxylic acids is 1. The molecule has 1 aromatic rings. The van der Waals surface area contributed by atoms with Gasteiger partial charge in [-0.2, -0.15) is 0 Å². The molecule has 1 heterocycles. The maximum absolute atomic E-state index is 13.3. The van der Waals surface area contributed by atoms with Crippen molar-refractivity contribution in [2.24, 2.45) is 11.3 Å². The number of ether oxygens (including phenoxy) is 1. The van der Waals surface area contributed by atoms with Crippen LogP contribution in [0.1, 0.15) is 26.2 Å². The third kappa shape index (κ3) is 2.35. The number of allylic oxidation sites excluding steroid dienone is 2. The summed E-state index contributed by atoms with van der Waals surface area (Å²) in [6.07, 6.45) is 8.90. The highest BCUT2D eigenvalue weighted by atomic mass is 16.5. The fourth-order valence-corrected chi connectivity index (χ4v) is 3.78. The number of piperidine rings is 1. The predicted molar refractivity (Wildman–Crippen MR) is 88.5 cm³/mol. The molecule has 1 spiro atoms. The Hall–Kier alpha value is -2.03. The van der Waals surface area contributed by atoms with Gasteiger partial charge < -0.3 is 9.64 Å². The number of benzene rings is 1. The second-order valence-corrected chi connectivity index (χ2v) is 6.08. The molecule has 1 aliphatic heterocycles. The molecule has 0 aromatic heterocycles. The normalized spacial score (nSPS) is 27.9. The number of amides is 1. The fraction of sp³-hybridized carbons (Fsp3) is 0.421.